The summed E-state index contributed by atoms with van der Waals surface area (Å²) >= 11 is 18.0. The zero-order valence-corrected chi connectivity index (χ0v) is 13.6. The van der Waals surface area contributed by atoms with E-state index in [1.54, 1.807) is 24.3 Å². The van der Waals surface area contributed by atoms with Crippen molar-refractivity contribution < 1.29 is 0 Å². The lowest BCUT2D eigenvalue weighted by atomic mass is 10.0. The van der Waals surface area contributed by atoms with Gasteiger partial charge in [-0.15, -0.1) is 0 Å². The molecule has 0 amide bonds. The molecule has 1 atom stereocenters. The van der Waals surface area contributed by atoms with Crippen LogP contribution >= 0.6 is 34.8 Å². The number of anilines is 1. The van der Waals surface area contributed by atoms with Crippen molar-refractivity contribution in [1.29, 1.82) is 5.26 Å². The summed E-state index contributed by atoms with van der Waals surface area (Å²) in [6.45, 7) is 2.05. The van der Waals surface area contributed by atoms with Gasteiger partial charge in [0, 0.05) is 5.02 Å². The monoisotopic (exact) mass is 338 g/mol. The quantitative estimate of drug-likeness (QED) is 0.732. The Morgan fingerprint density at radius 1 is 1.10 bits per heavy atom. The Bertz CT molecular complexity index is 692. The van der Waals surface area contributed by atoms with E-state index in [4.69, 9.17) is 34.8 Å². The van der Waals surface area contributed by atoms with E-state index in [1.165, 1.54) is 0 Å². The van der Waals surface area contributed by atoms with Gasteiger partial charge in [0.25, 0.3) is 0 Å². The predicted molar refractivity (Wildman–Crippen MR) is 89.3 cm³/mol. The smallest absolute Gasteiger partial charge is 0.101 e. The SMILES string of the molecule is CCC(Nc1cc(Cl)ccc1C#N)c1ccc(Cl)c(Cl)c1. The van der Waals surface area contributed by atoms with Crippen molar-refractivity contribution in [3.8, 4) is 6.07 Å². The largest absolute Gasteiger partial charge is 0.377 e. The third-order valence-corrected chi connectivity index (χ3v) is 4.16. The molecule has 108 valence electrons. The first-order valence-electron chi connectivity index (χ1n) is 6.46. The summed E-state index contributed by atoms with van der Waals surface area (Å²) in [5.74, 6) is 0. The third-order valence-electron chi connectivity index (χ3n) is 3.19. The maximum Gasteiger partial charge on any atom is 0.101 e. The first-order valence-corrected chi connectivity index (χ1v) is 7.59. The zero-order chi connectivity index (χ0) is 15.4. The highest BCUT2D eigenvalue weighted by Crippen LogP contribution is 2.30. The number of benzene rings is 2. The van der Waals surface area contributed by atoms with Gasteiger partial charge in [-0.05, 0) is 42.3 Å². The first kappa shape index (κ1) is 16.0. The van der Waals surface area contributed by atoms with Crippen molar-refractivity contribution in [1.82, 2.24) is 0 Å². The van der Waals surface area contributed by atoms with Crippen LogP contribution in [0.1, 0.15) is 30.5 Å². The Morgan fingerprint density at radius 2 is 1.86 bits per heavy atom. The minimum Gasteiger partial charge on any atom is -0.377 e. The number of halogens is 3. The average molecular weight is 340 g/mol. The molecule has 0 aliphatic heterocycles. The van der Waals surface area contributed by atoms with Gasteiger partial charge in [0.1, 0.15) is 6.07 Å². The van der Waals surface area contributed by atoms with E-state index < -0.39 is 0 Å². The van der Waals surface area contributed by atoms with Crippen molar-refractivity contribution in [2.45, 2.75) is 19.4 Å². The Morgan fingerprint density at radius 3 is 2.48 bits per heavy atom. The van der Waals surface area contributed by atoms with Crippen LogP contribution in [0, 0.1) is 11.3 Å². The number of nitrogens with zero attached hydrogens (tertiary/aromatic N) is 1. The number of nitriles is 1. The fraction of sp³-hybridized carbons (Fsp3) is 0.188. The maximum absolute atomic E-state index is 9.17. The van der Waals surface area contributed by atoms with E-state index in [0.717, 1.165) is 12.0 Å². The van der Waals surface area contributed by atoms with Crippen LogP contribution in [0.4, 0.5) is 5.69 Å². The van der Waals surface area contributed by atoms with Crippen LogP contribution < -0.4 is 5.32 Å². The van der Waals surface area contributed by atoms with Crippen LogP contribution in [0.2, 0.25) is 15.1 Å². The van der Waals surface area contributed by atoms with Gasteiger partial charge >= 0.3 is 0 Å². The van der Waals surface area contributed by atoms with Gasteiger partial charge in [0.2, 0.25) is 0 Å². The van der Waals surface area contributed by atoms with E-state index in [-0.39, 0.29) is 6.04 Å². The topological polar surface area (TPSA) is 35.8 Å². The van der Waals surface area contributed by atoms with Crippen molar-refractivity contribution in [3.05, 3.63) is 62.6 Å². The summed E-state index contributed by atoms with van der Waals surface area (Å²) in [5.41, 5.74) is 2.27. The third kappa shape index (κ3) is 3.83. The normalized spacial score (nSPS) is 11.8. The molecule has 0 radical (unpaired) electrons. The molecule has 0 saturated heterocycles. The van der Waals surface area contributed by atoms with Gasteiger partial charge in [0.15, 0.2) is 0 Å². The van der Waals surface area contributed by atoms with E-state index in [9.17, 15) is 5.26 Å². The molecule has 0 heterocycles. The van der Waals surface area contributed by atoms with Gasteiger partial charge in [-0.3, -0.25) is 0 Å². The molecular weight excluding hydrogens is 327 g/mol. The van der Waals surface area contributed by atoms with Gasteiger partial charge in [0.05, 0.1) is 27.3 Å². The highest BCUT2D eigenvalue weighted by atomic mass is 35.5. The molecular formula is C16H13Cl3N2. The van der Waals surface area contributed by atoms with Gasteiger partial charge in [-0.25, -0.2) is 0 Å². The molecule has 2 nitrogen and oxygen atoms in total. The minimum absolute atomic E-state index is 0.0188. The lowest BCUT2D eigenvalue weighted by Gasteiger charge is -2.20. The molecule has 2 aromatic carbocycles. The second-order valence-electron chi connectivity index (χ2n) is 4.58. The van der Waals surface area contributed by atoms with Crippen LogP contribution in [0.5, 0.6) is 0 Å². The molecule has 0 aromatic heterocycles. The molecule has 0 bridgehead atoms. The fourth-order valence-electron chi connectivity index (χ4n) is 2.07. The second kappa shape index (κ2) is 7.04. The van der Waals surface area contributed by atoms with E-state index in [1.807, 2.05) is 12.1 Å². The fourth-order valence-corrected chi connectivity index (χ4v) is 2.55. The Hall–Kier alpha value is -1.40. The number of hydrogen-bond acceptors (Lipinski definition) is 2. The molecule has 2 aromatic rings. The summed E-state index contributed by atoms with van der Waals surface area (Å²) in [6, 6.07) is 12.9. The lowest BCUT2D eigenvalue weighted by molar-refractivity contribution is 0.749. The minimum atomic E-state index is 0.0188. The average Bonchev–Trinajstić information content (AvgIpc) is 2.48. The Kier molecular flexibility index (Phi) is 5.36. The molecule has 0 saturated carbocycles. The van der Waals surface area contributed by atoms with Crippen LogP contribution in [0.25, 0.3) is 0 Å². The van der Waals surface area contributed by atoms with Crippen LogP contribution in [0.3, 0.4) is 0 Å². The van der Waals surface area contributed by atoms with Crippen molar-refractivity contribution in [3.63, 3.8) is 0 Å². The van der Waals surface area contributed by atoms with E-state index in [2.05, 4.69) is 18.3 Å². The van der Waals surface area contributed by atoms with Crippen molar-refractivity contribution in [2.75, 3.05) is 5.32 Å². The summed E-state index contributed by atoms with van der Waals surface area (Å²) in [7, 11) is 0. The number of nitrogens with one attached hydrogen (secondary N) is 1. The highest BCUT2D eigenvalue weighted by molar-refractivity contribution is 6.42. The highest BCUT2D eigenvalue weighted by Gasteiger charge is 2.13. The standard InChI is InChI=1S/C16H13Cl3N2/c1-2-15(10-4-6-13(18)14(19)7-10)21-16-8-12(17)5-3-11(16)9-20/h3-8,15,21H,2H2,1H3. The predicted octanol–water partition coefficient (Wildman–Crippen LogP) is 6.08. The molecule has 1 N–H and O–H groups in total. The molecule has 5 heteroatoms. The van der Waals surface area contributed by atoms with Crippen LogP contribution in [0.15, 0.2) is 36.4 Å². The second-order valence-corrected chi connectivity index (χ2v) is 5.83. The summed E-state index contributed by atoms with van der Waals surface area (Å²) < 4.78 is 0. The van der Waals surface area contributed by atoms with E-state index in [0.29, 0.717) is 26.3 Å². The van der Waals surface area contributed by atoms with Crippen molar-refractivity contribution in [2.24, 2.45) is 0 Å². The van der Waals surface area contributed by atoms with Crippen LogP contribution in [-0.4, -0.2) is 0 Å². The summed E-state index contributed by atoms with van der Waals surface area (Å²) in [4.78, 5) is 0. The Balaban J connectivity index is 2.33. The molecule has 2 rings (SSSR count). The summed E-state index contributed by atoms with van der Waals surface area (Å²) in [5, 5.41) is 14.1. The van der Waals surface area contributed by atoms with Crippen LogP contribution in [-0.2, 0) is 0 Å². The van der Waals surface area contributed by atoms with Gasteiger partial charge < -0.3 is 5.32 Å². The first-order chi connectivity index (χ1) is 10.0. The number of rotatable bonds is 4. The van der Waals surface area contributed by atoms with Gasteiger partial charge in [-0.2, -0.15) is 5.26 Å². The van der Waals surface area contributed by atoms with E-state index >= 15 is 0 Å². The molecule has 0 aliphatic carbocycles. The summed E-state index contributed by atoms with van der Waals surface area (Å²) in [6.07, 6.45) is 0.829. The maximum atomic E-state index is 9.17. The number of hydrogen-bond donors (Lipinski definition) is 1. The zero-order valence-electron chi connectivity index (χ0n) is 11.3. The molecule has 0 aliphatic rings. The molecule has 0 fully saturated rings. The lowest BCUT2D eigenvalue weighted by Crippen LogP contribution is -2.10. The van der Waals surface area contributed by atoms with Gasteiger partial charge in [-0.1, -0.05) is 47.8 Å². The molecule has 21 heavy (non-hydrogen) atoms. The molecule has 1 unspecified atom stereocenters. The molecule has 0 spiro atoms. The Labute approximate surface area is 139 Å². The van der Waals surface area contributed by atoms with Crippen molar-refractivity contribution >= 4 is 40.5 Å².